The molecule has 1 N–H and O–H groups in total. The maximum absolute atomic E-state index is 13.0. The van der Waals surface area contributed by atoms with E-state index in [4.69, 9.17) is 4.74 Å². The first-order valence-corrected chi connectivity index (χ1v) is 8.20. The van der Waals surface area contributed by atoms with Crippen molar-refractivity contribution in [2.75, 3.05) is 0 Å². The molecule has 0 saturated carbocycles. The molecule has 0 spiro atoms. The molecule has 2 rings (SSSR count). The molecule has 2 atom stereocenters. The van der Waals surface area contributed by atoms with Gasteiger partial charge in [0.05, 0.1) is 6.04 Å². The summed E-state index contributed by atoms with van der Waals surface area (Å²) in [4.78, 5) is 12.4. The maximum atomic E-state index is 13.0. The van der Waals surface area contributed by atoms with Crippen LogP contribution >= 0.6 is 0 Å². The average Bonchev–Trinajstić information content (AvgIpc) is 2.55. The van der Waals surface area contributed by atoms with Crippen molar-refractivity contribution in [2.24, 2.45) is 0 Å². The lowest BCUT2D eigenvalue weighted by atomic mass is 10.0. The van der Waals surface area contributed by atoms with Gasteiger partial charge in [0.25, 0.3) is 5.91 Å². The van der Waals surface area contributed by atoms with Gasteiger partial charge in [0, 0.05) is 0 Å². The van der Waals surface area contributed by atoms with Gasteiger partial charge in [-0.15, -0.1) is 0 Å². The normalized spacial score (nSPS) is 13.4. The second kappa shape index (κ2) is 7.95. The predicted molar refractivity (Wildman–Crippen MR) is 93.6 cm³/mol. The Hall–Kier alpha value is -2.36. The van der Waals surface area contributed by atoms with Crippen molar-refractivity contribution in [1.29, 1.82) is 0 Å². The van der Waals surface area contributed by atoms with Gasteiger partial charge in [-0.05, 0) is 49.1 Å². The number of carbonyl (C=O) groups is 1. The largest absolute Gasteiger partial charge is 0.481 e. The third-order valence-electron chi connectivity index (χ3n) is 3.94. The highest BCUT2D eigenvalue weighted by Gasteiger charge is 2.19. The zero-order valence-electron chi connectivity index (χ0n) is 14.5. The van der Waals surface area contributed by atoms with E-state index in [0.717, 1.165) is 16.9 Å². The van der Waals surface area contributed by atoms with Gasteiger partial charge in [0.2, 0.25) is 0 Å². The lowest BCUT2D eigenvalue weighted by Gasteiger charge is -2.21. The third-order valence-corrected chi connectivity index (χ3v) is 3.94. The molecule has 0 aromatic heterocycles. The van der Waals surface area contributed by atoms with Crippen molar-refractivity contribution in [3.63, 3.8) is 0 Å². The molecule has 2 aromatic carbocycles. The van der Waals surface area contributed by atoms with Gasteiger partial charge in [0.15, 0.2) is 6.10 Å². The fraction of sp³-hybridized carbons (Fsp3) is 0.350. The summed E-state index contributed by atoms with van der Waals surface area (Å²) in [6, 6.07) is 13.6. The van der Waals surface area contributed by atoms with Crippen LogP contribution < -0.4 is 10.1 Å². The molecule has 0 bridgehead atoms. The first kappa shape index (κ1) is 18.0. The van der Waals surface area contributed by atoms with E-state index in [1.807, 2.05) is 31.2 Å². The van der Waals surface area contributed by atoms with Crippen LogP contribution in [-0.2, 0) is 4.79 Å². The first-order chi connectivity index (χ1) is 11.4. The molecule has 0 aliphatic heterocycles. The second-order valence-electron chi connectivity index (χ2n) is 6.23. The average molecular weight is 329 g/mol. The van der Waals surface area contributed by atoms with E-state index in [1.165, 1.54) is 12.1 Å². The number of hydrogen-bond acceptors (Lipinski definition) is 2. The highest BCUT2D eigenvalue weighted by molar-refractivity contribution is 5.81. The lowest BCUT2D eigenvalue weighted by Crippen LogP contribution is -2.37. The van der Waals surface area contributed by atoms with Crippen LogP contribution in [0, 0.1) is 5.82 Å². The fourth-order valence-electron chi connectivity index (χ4n) is 2.47. The lowest BCUT2D eigenvalue weighted by molar-refractivity contribution is -0.127. The van der Waals surface area contributed by atoms with Crippen molar-refractivity contribution >= 4 is 5.91 Å². The Bertz CT molecular complexity index is 682. The van der Waals surface area contributed by atoms with Gasteiger partial charge in [0.1, 0.15) is 11.6 Å². The quantitative estimate of drug-likeness (QED) is 0.841. The van der Waals surface area contributed by atoms with Crippen LogP contribution in [-0.4, -0.2) is 12.0 Å². The topological polar surface area (TPSA) is 38.3 Å². The Labute approximate surface area is 142 Å². The number of nitrogens with one attached hydrogen (secondary N) is 1. The monoisotopic (exact) mass is 329 g/mol. The Morgan fingerprint density at radius 1 is 1.00 bits per heavy atom. The van der Waals surface area contributed by atoms with E-state index >= 15 is 0 Å². The van der Waals surface area contributed by atoms with Crippen molar-refractivity contribution in [3.05, 3.63) is 65.5 Å². The molecule has 2 aromatic rings. The van der Waals surface area contributed by atoms with Gasteiger partial charge in [-0.2, -0.15) is 0 Å². The van der Waals surface area contributed by atoms with E-state index in [9.17, 15) is 9.18 Å². The Kier molecular flexibility index (Phi) is 5.96. The molecule has 4 heteroatoms. The second-order valence-corrected chi connectivity index (χ2v) is 6.23. The number of benzene rings is 2. The molecule has 3 nitrogen and oxygen atoms in total. The van der Waals surface area contributed by atoms with Crippen molar-refractivity contribution in [2.45, 2.75) is 45.8 Å². The van der Waals surface area contributed by atoms with Crippen LogP contribution in [0.4, 0.5) is 4.39 Å². The van der Waals surface area contributed by atoms with Crippen molar-refractivity contribution in [3.8, 4) is 5.75 Å². The van der Waals surface area contributed by atoms with E-state index in [-0.39, 0.29) is 17.8 Å². The molecular formula is C20H24FNO2. The van der Waals surface area contributed by atoms with E-state index in [2.05, 4.69) is 19.2 Å². The summed E-state index contributed by atoms with van der Waals surface area (Å²) in [6.07, 6.45) is -0.618. The van der Waals surface area contributed by atoms with Crippen molar-refractivity contribution < 1.29 is 13.9 Å². The Balaban J connectivity index is 2.01. The number of amides is 1. The smallest absolute Gasteiger partial charge is 0.261 e. The molecule has 0 aliphatic rings. The van der Waals surface area contributed by atoms with Gasteiger partial charge in [-0.3, -0.25) is 4.79 Å². The number of para-hydroxylation sites is 1. The van der Waals surface area contributed by atoms with Crippen LogP contribution in [0.5, 0.6) is 5.75 Å². The highest BCUT2D eigenvalue weighted by Crippen LogP contribution is 2.26. The summed E-state index contributed by atoms with van der Waals surface area (Å²) in [5.74, 6) is 0.545. The summed E-state index contributed by atoms with van der Waals surface area (Å²) in [6.45, 7) is 7.76. The molecule has 0 radical (unpaired) electrons. The van der Waals surface area contributed by atoms with Crippen LogP contribution in [0.1, 0.15) is 50.8 Å². The standard InChI is InChI=1S/C20H24FNO2/c1-13(2)18-7-5-6-8-19(18)24-15(4)20(23)22-14(3)16-9-11-17(21)12-10-16/h5-15H,1-4H3,(H,22,23)/t14-,15+/m1/s1. The third kappa shape index (κ3) is 4.57. The number of hydrogen-bond donors (Lipinski definition) is 1. The molecule has 0 unspecified atom stereocenters. The van der Waals surface area contributed by atoms with Crippen molar-refractivity contribution in [1.82, 2.24) is 5.32 Å². The van der Waals surface area contributed by atoms with Crippen LogP contribution in [0.2, 0.25) is 0 Å². The SMILES string of the molecule is CC(C)c1ccccc1O[C@@H](C)C(=O)N[C@H](C)c1ccc(F)cc1. The Morgan fingerprint density at radius 3 is 2.25 bits per heavy atom. The number of halogens is 1. The first-order valence-electron chi connectivity index (χ1n) is 8.20. The Morgan fingerprint density at radius 2 is 1.62 bits per heavy atom. The maximum Gasteiger partial charge on any atom is 0.261 e. The summed E-state index contributed by atoms with van der Waals surface area (Å²) in [7, 11) is 0. The van der Waals surface area contributed by atoms with E-state index in [1.54, 1.807) is 19.1 Å². The van der Waals surface area contributed by atoms with Crippen LogP contribution in [0.25, 0.3) is 0 Å². The zero-order valence-corrected chi connectivity index (χ0v) is 14.5. The molecule has 0 aliphatic carbocycles. The summed E-state index contributed by atoms with van der Waals surface area (Å²) >= 11 is 0. The number of ether oxygens (including phenoxy) is 1. The molecule has 0 saturated heterocycles. The molecule has 1 amide bonds. The van der Waals surface area contributed by atoms with E-state index < -0.39 is 6.10 Å². The minimum atomic E-state index is -0.618. The molecule has 128 valence electrons. The van der Waals surface area contributed by atoms with Crippen LogP contribution in [0.15, 0.2) is 48.5 Å². The van der Waals surface area contributed by atoms with Gasteiger partial charge in [-0.25, -0.2) is 4.39 Å². The van der Waals surface area contributed by atoms with Gasteiger partial charge in [-0.1, -0.05) is 44.2 Å². The molecule has 0 fully saturated rings. The summed E-state index contributed by atoms with van der Waals surface area (Å²) < 4.78 is 18.8. The molecular weight excluding hydrogens is 305 g/mol. The summed E-state index contributed by atoms with van der Waals surface area (Å²) in [5.41, 5.74) is 1.92. The number of rotatable bonds is 6. The number of carbonyl (C=O) groups excluding carboxylic acids is 1. The minimum Gasteiger partial charge on any atom is -0.481 e. The van der Waals surface area contributed by atoms with Crippen LogP contribution in [0.3, 0.4) is 0 Å². The summed E-state index contributed by atoms with van der Waals surface area (Å²) in [5, 5.41) is 2.90. The molecule has 24 heavy (non-hydrogen) atoms. The minimum absolute atomic E-state index is 0.203. The van der Waals surface area contributed by atoms with E-state index in [0.29, 0.717) is 5.92 Å². The fourth-order valence-corrected chi connectivity index (χ4v) is 2.47. The predicted octanol–water partition coefficient (Wildman–Crippen LogP) is 4.59. The van der Waals surface area contributed by atoms with Gasteiger partial charge >= 0.3 is 0 Å². The highest BCUT2D eigenvalue weighted by atomic mass is 19.1. The molecule has 0 heterocycles. The van der Waals surface area contributed by atoms with Gasteiger partial charge < -0.3 is 10.1 Å². The zero-order chi connectivity index (χ0) is 17.7.